The monoisotopic (exact) mass is 407 g/mol. The van der Waals surface area contributed by atoms with E-state index in [1.54, 1.807) is 7.11 Å². The zero-order chi connectivity index (χ0) is 18.1. The molecule has 0 amide bonds. The van der Waals surface area contributed by atoms with Crippen molar-refractivity contribution in [3.05, 3.63) is 52.0 Å². The third-order valence-corrected chi connectivity index (χ3v) is 4.52. The maximum Gasteiger partial charge on any atom is 0.162 e. The van der Waals surface area contributed by atoms with Crippen molar-refractivity contribution < 1.29 is 14.2 Å². The van der Waals surface area contributed by atoms with Crippen LogP contribution in [0.3, 0.4) is 0 Å². The third-order valence-electron chi connectivity index (χ3n) is 3.78. The van der Waals surface area contributed by atoms with Crippen LogP contribution in [0.4, 0.5) is 0 Å². The van der Waals surface area contributed by atoms with E-state index in [9.17, 15) is 0 Å². The molecule has 0 radical (unpaired) electrons. The molecule has 4 nitrogen and oxygen atoms in total. The van der Waals surface area contributed by atoms with E-state index in [-0.39, 0.29) is 0 Å². The normalized spacial score (nSPS) is 10.6. The number of hydrogen-bond donors (Lipinski definition) is 1. The maximum atomic E-state index is 5.70. The number of nitrogens with one attached hydrogen (secondary N) is 1. The highest BCUT2D eigenvalue weighted by molar-refractivity contribution is 9.10. The van der Waals surface area contributed by atoms with Crippen LogP contribution in [0.1, 0.15) is 25.0 Å². The first-order valence-corrected chi connectivity index (χ1v) is 9.38. The quantitative estimate of drug-likeness (QED) is 0.584. The second-order valence-electron chi connectivity index (χ2n) is 5.53. The molecule has 0 aromatic heterocycles. The summed E-state index contributed by atoms with van der Waals surface area (Å²) in [5.74, 6) is 2.45. The van der Waals surface area contributed by atoms with E-state index in [4.69, 9.17) is 14.2 Å². The van der Waals surface area contributed by atoms with Crippen LogP contribution >= 0.6 is 15.9 Å². The van der Waals surface area contributed by atoms with Gasteiger partial charge in [0.05, 0.1) is 20.3 Å². The topological polar surface area (TPSA) is 39.7 Å². The largest absolute Gasteiger partial charge is 0.497 e. The van der Waals surface area contributed by atoms with Crippen LogP contribution in [-0.2, 0) is 13.0 Å². The van der Waals surface area contributed by atoms with E-state index in [1.807, 2.05) is 38.1 Å². The lowest BCUT2D eigenvalue weighted by molar-refractivity contribution is 0.287. The highest BCUT2D eigenvalue weighted by atomic mass is 79.9. The van der Waals surface area contributed by atoms with Gasteiger partial charge in [-0.25, -0.2) is 0 Å². The molecule has 0 saturated carbocycles. The van der Waals surface area contributed by atoms with Crippen molar-refractivity contribution in [2.45, 2.75) is 26.8 Å². The SMILES string of the molecule is CCOc1cc(Br)c(CNCCc2ccc(OC)cc2)cc1OCC. The van der Waals surface area contributed by atoms with Gasteiger partial charge in [-0.05, 0) is 62.2 Å². The van der Waals surface area contributed by atoms with Crippen LogP contribution in [0.25, 0.3) is 0 Å². The molecule has 0 heterocycles. The molecule has 0 atom stereocenters. The Hall–Kier alpha value is -1.72. The highest BCUT2D eigenvalue weighted by Crippen LogP contribution is 2.33. The summed E-state index contributed by atoms with van der Waals surface area (Å²) in [7, 11) is 1.68. The molecule has 2 rings (SSSR count). The number of hydrogen-bond acceptors (Lipinski definition) is 4. The van der Waals surface area contributed by atoms with Crippen LogP contribution in [-0.4, -0.2) is 26.9 Å². The Kier molecular flexibility index (Phi) is 8.09. The van der Waals surface area contributed by atoms with Gasteiger partial charge in [0.1, 0.15) is 5.75 Å². The minimum absolute atomic E-state index is 0.617. The summed E-state index contributed by atoms with van der Waals surface area (Å²) < 4.78 is 17.5. The zero-order valence-electron chi connectivity index (χ0n) is 15.1. The molecule has 0 spiro atoms. The van der Waals surface area contributed by atoms with Gasteiger partial charge in [-0.15, -0.1) is 0 Å². The average Bonchev–Trinajstić information content (AvgIpc) is 2.62. The highest BCUT2D eigenvalue weighted by Gasteiger charge is 2.10. The van der Waals surface area contributed by atoms with Gasteiger partial charge in [-0.3, -0.25) is 0 Å². The lowest BCUT2D eigenvalue weighted by atomic mass is 10.1. The van der Waals surface area contributed by atoms with Crippen molar-refractivity contribution in [3.63, 3.8) is 0 Å². The van der Waals surface area contributed by atoms with Gasteiger partial charge in [0.2, 0.25) is 0 Å². The first-order chi connectivity index (χ1) is 12.2. The summed E-state index contributed by atoms with van der Waals surface area (Å²) >= 11 is 3.63. The number of rotatable bonds is 10. The van der Waals surface area contributed by atoms with Gasteiger partial charge >= 0.3 is 0 Å². The lowest BCUT2D eigenvalue weighted by Gasteiger charge is -2.14. The summed E-state index contributed by atoms with van der Waals surface area (Å²) in [5.41, 5.74) is 2.44. The third kappa shape index (κ3) is 5.94. The molecule has 2 aromatic carbocycles. The Morgan fingerprint density at radius 1 is 0.960 bits per heavy atom. The fourth-order valence-electron chi connectivity index (χ4n) is 2.50. The van der Waals surface area contributed by atoms with E-state index in [0.29, 0.717) is 13.2 Å². The molecule has 0 saturated heterocycles. The van der Waals surface area contributed by atoms with Crippen molar-refractivity contribution in [1.82, 2.24) is 5.32 Å². The van der Waals surface area contributed by atoms with Crippen LogP contribution in [0.15, 0.2) is 40.9 Å². The van der Waals surface area contributed by atoms with Gasteiger partial charge in [0.15, 0.2) is 11.5 Å². The summed E-state index contributed by atoms with van der Waals surface area (Å²) in [6.45, 7) is 6.85. The molecule has 1 N–H and O–H groups in total. The molecule has 5 heteroatoms. The van der Waals surface area contributed by atoms with Crippen molar-refractivity contribution in [3.8, 4) is 17.2 Å². The summed E-state index contributed by atoms with van der Waals surface area (Å²) in [4.78, 5) is 0. The minimum Gasteiger partial charge on any atom is -0.497 e. The van der Waals surface area contributed by atoms with E-state index in [1.165, 1.54) is 5.56 Å². The predicted molar refractivity (Wildman–Crippen MR) is 105 cm³/mol. The predicted octanol–water partition coefficient (Wildman–Crippen LogP) is 4.59. The van der Waals surface area contributed by atoms with Crippen molar-refractivity contribution >= 4 is 15.9 Å². The van der Waals surface area contributed by atoms with Crippen LogP contribution in [0.5, 0.6) is 17.2 Å². The Labute approximate surface area is 158 Å². The Bertz CT molecular complexity index is 659. The number of benzene rings is 2. The summed E-state index contributed by atoms with van der Waals surface area (Å²) in [5, 5.41) is 3.48. The van der Waals surface area contributed by atoms with Gasteiger partial charge in [0.25, 0.3) is 0 Å². The van der Waals surface area contributed by atoms with Gasteiger partial charge in [0, 0.05) is 11.0 Å². The molecule has 0 bridgehead atoms. The molecule has 136 valence electrons. The van der Waals surface area contributed by atoms with Crippen LogP contribution in [0, 0.1) is 0 Å². The molecule has 0 aliphatic rings. The summed E-state index contributed by atoms with van der Waals surface area (Å²) in [6.07, 6.45) is 0.969. The van der Waals surface area contributed by atoms with Gasteiger partial charge < -0.3 is 19.5 Å². The van der Waals surface area contributed by atoms with E-state index >= 15 is 0 Å². The fourth-order valence-corrected chi connectivity index (χ4v) is 2.96. The maximum absolute atomic E-state index is 5.70. The van der Waals surface area contributed by atoms with E-state index < -0.39 is 0 Å². The standard InChI is InChI=1S/C20H26BrNO3/c1-4-24-19-12-16(18(21)13-20(19)25-5-2)14-22-11-10-15-6-8-17(23-3)9-7-15/h6-9,12-13,22H,4-5,10-11,14H2,1-3H3. The smallest absolute Gasteiger partial charge is 0.162 e. The minimum atomic E-state index is 0.617. The molecule has 2 aromatic rings. The second-order valence-corrected chi connectivity index (χ2v) is 6.39. The first-order valence-electron chi connectivity index (χ1n) is 8.59. The van der Waals surface area contributed by atoms with Gasteiger partial charge in [-0.2, -0.15) is 0 Å². The zero-order valence-corrected chi connectivity index (χ0v) is 16.7. The molecule has 0 unspecified atom stereocenters. The molecule has 0 aliphatic carbocycles. The fraction of sp³-hybridized carbons (Fsp3) is 0.400. The van der Waals surface area contributed by atoms with E-state index in [0.717, 1.165) is 46.8 Å². The lowest BCUT2D eigenvalue weighted by Crippen LogP contribution is -2.17. The van der Waals surface area contributed by atoms with Crippen LogP contribution in [0.2, 0.25) is 0 Å². The van der Waals surface area contributed by atoms with Gasteiger partial charge in [-0.1, -0.05) is 28.1 Å². The van der Waals surface area contributed by atoms with E-state index in [2.05, 4.69) is 33.4 Å². The number of methoxy groups -OCH3 is 1. The van der Waals surface area contributed by atoms with Crippen molar-refractivity contribution in [1.29, 1.82) is 0 Å². The first kappa shape index (κ1) is 19.6. The molecular weight excluding hydrogens is 382 g/mol. The number of ether oxygens (including phenoxy) is 3. The Balaban J connectivity index is 1.91. The molecular formula is C20H26BrNO3. The Morgan fingerprint density at radius 3 is 2.20 bits per heavy atom. The van der Waals surface area contributed by atoms with Crippen molar-refractivity contribution in [2.75, 3.05) is 26.9 Å². The van der Waals surface area contributed by atoms with Crippen molar-refractivity contribution in [2.24, 2.45) is 0 Å². The van der Waals surface area contributed by atoms with Crippen LogP contribution < -0.4 is 19.5 Å². The summed E-state index contributed by atoms with van der Waals surface area (Å²) in [6, 6.07) is 12.2. The molecule has 0 aliphatic heterocycles. The Morgan fingerprint density at radius 2 is 1.60 bits per heavy atom. The second kappa shape index (κ2) is 10.3. The number of halogens is 1. The molecule has 25 heavy (non-hydrogen) atoms. The average molecular weight is 408 g/mol. The molecule has 0 fully saturated rings.